The predicted octanol–water partition coefficient (Wildman–Crippen LogP) is 7.22. The average Bonchev–Trinajstić information content (AvgIpc) is 3.02. The summed E-state index contributed by atoms with van der Waals surface area (Å²) >= 11 is 12.5. The Bertz CT molecular complexity index is 1760. The predicted molar refractivity (Wildman–Crippen MR) is 186 cm³/mol. The lowest BCUT2D eigenvalue weighted by molar-refractivity contribution is -0.140. The van der Waals surface area contributed by atoms with Gasteiger partial charge in [0.1, 0.15) is 12.6 Å². The average molecular weight is 681 g/mol. The minimum Gasteiger partial charge on any atom is -0.354 e. The van der Waals surface area contributed by atoms with E-state index < -0.39 is 28.5 Å². The third-order valence-electron chi connectivity index (χ3n) is 7.47. The lowest BCUT2D eigenvalue weighted by atomic mass is 10.0. The van der Waals surface area contributed by atoms with Gasteiger partial charge in [-0.2, -0.15) is 0 Å². The Labute approximate surface area is 282 Å². The van der Waals surface area contributed by atoms with E-state index in [0.29, 0.717) is 27.8 Å². The topological polar surface area (TPSA) is 86.8 Å². The SMILES string of the molecule is Cc1ccc(S(=O)(=O)N(CC(=O)N(Cc2ccc(Cl)c(Cl)c2)[C@@H](Cc2ccccc2)C(=O)NCC(C)C)c2cccc(C)c2)cc1. The van der Waals surface area contributed by atoms with Crippen LogP contribution in [0.2, 0.25) is 10.0 Å². The van der Waals surface area contributed by atoms with E-state index in [1.165, 1.54) is 17.0 Å². The molecule has 0 radical (unpaired) electrons. The van der Waals surface area contributed by atoms with Crippen LogP contribution in [-0.4, -0.2) is 44.3 Å². The van der Waals surface area contributed by atoms with Crippen molar-refractivity contribution in [1.29, 1.82) is 0 Å². The van der Waals surface area contributed by atoms with Crippen molar-refractivity contribution in [2.45, 2.75) is 51.6 Å². The molecule has 2 amide bonds. The molecule has 46 heavy (non-hydrogen) atoms. The summed E-state index contributed by atoms with van der Waals surface area (Å²) in [6, 6.07) is 27.0. The summed E-state index contributed by atoms with van der Waals surface area (Å²) in [5.74, 6) is -0.713. The zero-order valence-electron chi connectivity index (χ0n) is 26.4. The molecule has 4 aromatic carbocycles. The number of sulfonamides is 1. The number of rotatable bonds is 13. The fourth-order valence-electron chi connectivity index (χ4n) is 4.96. The summed E-state index contributed by atoms with van der Waals surface area (Å²) in [6.45, 7) is 7.57. The summed E-state index contributed by atoms with van der Waals surface area (Å²) in [6.07, 6.45) is 0.215. The second kappa shape index (κ2) is 15.6. The molecule has 0 spiro atoms. The number of carbonyl (C=O) groups excluding carboxylic acids is 2. The van der Waals surface area contributed by atoms with E-state index in [1.807, 2.05) is 64.1 Å². The maximum Gasteiger partial charge on any atom is 0.264 e. The van der Waals surface area contributed by atoms with Crippen molar-refractivity contribution < 1.29 is 18.0 Å². The molecule has 0 unspecified atom stereocenters. The van der Waals surface area contributed by atoms with Crippen LogP contribution in [0.5, 0.6) is 0 Å². The third-order valence-corrected chi connectivity index (χ3v) is 10.00. The Morgan fingerprint density at radius 3 is 2.11 bits per heavy atom. The number of carbonyl (C=O) groups is 2. The van der Waals surface area contributed by atoms with Gasteiger partial charge in [-0.05, 0) is 72.9 Å². The molecule has 4 aromatic rings. The number of anilines is 1. The van der Waals surface area contributed by atoms with Gasteiger partial charge in [0.25, 0.3) is 10.0 Å². The molecule has 0 fully saturated rings. The largest absolute Gasteiger partial charge is 0.354 e. The van der Waals surface area contributed by atoms with Gasteiger partial charge in [0.05, 0.1) is 20.6 Å². The molecule has 0 saturated carbocycles. The lowest BCUT2D eigenvalue weighted by Gasteiger charge is -2.34. The Balaban J connectivity index is 1.81. The van der Waals surface area contributed by atoms with Gasteiger partial charge in [-0.15, -0.1) is 0 Å². The van der Waals surface area contributed by atoms with Crippen LogP contribution in [0.1, 0.15) is 36.1 Å². The zero-order valence-corrected chi connectivity index (χ0v) is 28.7. The molecular weight excluding hydrogens is 641 g/mol. The third kappa shape index (κ3) is 9.12. The van der Waals surface area contributed by atoms with Crippen LogP contribution in [-0.2, 0) is 32.6 Å². The number of nitrogens with zero attached hydrogens (tertiary/aromatic N) is 2. The number of hydrogen-bond donors (Lipinski definition) is 1. The van der Waals surface area contributed by atoms with Crippen molar-refractivity contribution in [1.82, 2.24) is 10.2 Å². The molecule has 7 nitrogen and oxygen atoms in total. The first-order chi connectivity index (χ1) is 21.8. The van der Waals surface area contributed by atoms with E-state index in [1.54, 1.807) is 48.5 Å². The molecule has 0 bridgehead atoms. The maximum absolute atomic E-state index is 14.6. The molecule has 4 rings (SSSR count). The molecule has 0 saturated heterocycles. The van der Waals surface area contributed by atoms with Gasteiger partial charge >= 0.3 is 0 Å². The van der Waals surface area contributed by atoms with Gasteiger partial charge in [-0.3, -0.25) is 13.9 Å². The number of amides is 2. The van der Waals surface area contributed by atoms with Gasteiger partial charge in [0.2, 0.25) is 11.8 Å². The summed E-state index contributed by atoms with van der Waals surface area (Å²) in [4.78, 5) is 29.9. The molecule has 0 aliphatic heterocycles. The first-order valence-corrected chi connectivity index (χ1v) is 17.3. The quantitative estimate of drug-likeness (QED) is 0.162. The van der Waals surface area contributed by atoms with Crippen molar-refractivity contribution in [3.63, 3.8) is 0 Å². The highest BCUT2D eigenvalue weighted by atomic mass is 35.5. The van der Waals surface area contributed by atoms with Crippen LogP contribution in [0, 0.1) is 19.8 Å². The van der Waals surface area contributed by atoms with Gasteiger partial charge in [-0.25, -0.2) is 8.42 Å². The highest BCUT2D eigenvalue weighted by Gasteiger charge is 2.34. The van der Waals surface area contributed by atoms with Crippen LogP contribution in [0.4, 0.5) is 5.69 Å². The van der Waals surface area contributed by atoms with E-state index >= 15 is 0 Å². The Kier molecular flexibility index (Phi) is 11.9. The maximum atomic E-state index is 14.6. The lowest BCUT2D eigenvalue weighted by Crippen LogP contribution is -2.53. The summed E-state index contributed by atoms with van der Waals surface area (Å²) in [5, 5.41) is 3.65. The van der Waals surface area contributed by atoms with E-state index in [0.717, 1.165) is 21.0 Å². The number of benzene rings is 4. The molecule has 1 N–H and O–H groups in total. The smallest absolute Gasteiger partial charge is 0.264 e. The molecule has 10 heteroatoms. The fourth-order valence-corrected chi connectivity index (χ4v) is 6.69. The molecule has 242 valence electrons. The normalized spacial score (nSPS) is 12.1. The molecule has 0 aliphatic carbocycles. The summed E-state index contributed by atoms with van der Waals surface area (Å²) in [7, 11) is -4.18. The van der Waals surface area contributed by atoms with Crippen molar-refractivity contribution in [3.8, 4) is 0 Å². The van der Waals surface area contributed by atoms with Gasteiger partial charge in [0, 0.05) is 19.5 Å². The second-order valence-corrected chi connectivity index (χ2v) is 14.5. The highest BCUT2D eigenvalue weighted by Crippen LogP contribution is 2.27. The van der Waals surface area contributed by atoms with Gasteiger partial charge in [0.15, 0.2) is 0 Å². The Morgan fingerprint density at radius 1 is 0.783 bits per heavy atom. The van der Waals surface area contributed by atoms with Crippen molar-refractivity contribution in [2.75, 3.05) is 17.4 Å². The number of halogens is 2. The molecule has 0 aliphatic rings. The Hall–Kier alpha value is -3.85. The summed E-state index contributed by atoms with van der Waals surface area (Å²) in [5.41, 5.74) is 3.56. The Morgan fingerprint density at radius 2 is 1.48 bits per heavy atom. The summed E-state index contributed by atoms with van der Waals surface area (Å²) < 4.78 is 29.5. The van der Waals surface area contributed by atoms with Crippen LogP contribution in [0.25, 0.3) is 0 Å². The molecule has 0 heterocycles. The van der Waals surface area contributed by atoms with Crippen molar-refractivity contribution in [2.24, 2.45) is 5.92 Å². The minimum absolute atomic E-state index is 0.00540. The standard InChI is InChI=1S/C36H39Cl2N3O4S/c1-25(2)22-39-36(43)34(21-28-10-6-5-7-11-28)40(23-29-15-18-32(37)33(38)20-29)35(42)24-41(30-12-8-9-27(4)19-30)46(44,45)31-16-13-26(3)14-17-31/h5-20,25,34H,21-24H2,1-4H3,(H,39,43)/t34-/m0/s1. The molecule has 0 aromatic heterocycles. The number of aryl methyl sites for hydroxylation is 2. The monoisotopic (exact) mass is 679 g/mol. The van der Waals surface area contributed by atoms with Crippen LogP contribution in [0.15, 0.2) is 102 Å². The fraction of sp³-hybridized carbons (Fsp3) is 0.278. The van der Waals surface area contributed by atoms with E-state index in [-0.39, 0.29) is 29.7 Å². The molecular formula is C36H39Cl2N3O4S. The molecule has 1 atom stereocenters. The minimum atomic E-state index is -4.18. The van der Waals surface area contributed by atoms with Crippen LogP contribution in [0.3, 0.4) is 0 Å². The van der Waals surface area contributed by atoms with E-state index in [9.17, 15) is 18.0 Å². The second-order valence-electron chi connectivity index (χ2n) is 11.8. The van der Waals surface area contributed by atoms with E-state index in [2.05, 4.69) is 5.32 Å². The number of nitrogens with one attached hydrogen (secondary N) is 1. The van der Waals surface area contributed by atoms with Crippen molar-refractivity contribution >= 4 is 50.7 Å². The van der Waals surface area contributed by atoms with Gasteiger partial charge in [-0.1, -0.05) is 103 Å². The van der Waals surface area contributed by atoms with Crippen LogP contribution >= 0.6 is 23.2 Å². The zero-order chi connectivity index (χ0) is 33.4. The van der Waals surface area contributed by atoms with Gasteiger partial charge < -0.3 is 10.2 Å². The van der Waals surface area contributed by atoms with E-state index in [4.69, 9.17) is 23.2 Å². The first kappa shape index (κ1) is 35.0. The van der Waals surface area contributed by atoms with Crippen molar-refractivity contribution in [3.05, 3.63) is 129 Å². The highest BCUT2D eigenvalue weighted by molar-refractivity contribution is 7.92. The first-order valence-electron chi connectivity index (χ1n) is 15.1. The van der Waals surface area contributed by atoms with Crippen LogP contribution < -0.4 is 9.62 Å². The number of hydrogen-bond acceptors (Lipinski definition) is 4.